The highest BCUT2D eigenvalue weighted by molar-refractivity contribution is 5.80. The van der Waals surface area contributed by atoms with Crippen LogP contribution >= 0.6 is 0 Å². The zero-order valence-corrected chi connectivity index (χ0v) is 13.7. The summed E-state index contributed by atoms with van der Waals surface area (Å²) in [6.45, 7) is 4.37. The van der Waals surface area contributed by atoms with Crippen molar-refractivity contribution in [3.8, 4) is 6.07 Å². The van der Waals surface area contributed by atoms with Crippen LogP contribution in [-0.4, -0.2) is 31.6 Å². The van der Waals surface area contributed by atoms with Gasteiger partial charge in [0.05, 0.1) is 19.3 Å². The van der Waals surface area contributed by atoms with E-state index >= 15 is 0 Å². The first-order chi connectivity index (χ1) is 10.6. The van der Waals surface area contributed by atoms with Crippen LogP contribution in [0.25, 0.3) is 0 Å². The number of carbonyl (C=O) groups excluding carboxylic acids is 1. The van der Waals surface area contributed by atoms with E-state index in [0.29, 0.717) is 0 Å². The fraction of sp³-hybridized carbons (Fsp3) is 0.882. The number of rotatable bonds is 5. The van der Waals surface area contributed by atoms with E-state index in [1.54, 1.807) is 0 Å². The number of ether oxygens (including phenoxy) is 3. The van der Waals surface area contributed by atoms with Crippen LogP contribution in [0.15, 0.2) is 0 Å². The molecule has 0 radical (unpaired) electrons. The van der Waals surface area contributed by atoms with Gasteiger partial charge in [-0.1, -0.05) is 26.7 Å². The van der Waals surface area contributed by atoms with Crippen molar-refractivity contribution in [1.82, 2.24) is 0 Å². The maximum Gasteiger partial charge on any atom is 0.331 e. The number of hydrogen-bond acceptors (Lipinski definition) is 5. The van der Waals surface area contributed by atoms with Crippen molar-refractivity contribution in [2.75, 3.05) is 13.2 Å². The Morgan fingerprint density at radius 1 is 1.23 bits per heavy atom. The third-order valence-corrected chi connectivity index (χ3v) is 4.81. The number of hydrogen-bond donors (Lipinski definition) is 0. The van der Waals surface area contributed by atoms with Crippen LogP contribution in [0.3, 0.4) is 0 Å². The maximum absolute atomic E-state index is 12.4. The summed E-state index contributed by atoms with van der Waals surface area (Å²) >= 11 is 0. The van der Waals surface area contributed by atoms with Gasteiger partial charge in [-0.05, 0) is 38.0 Å². The summed E-state index contributed by atoms with van der Waals surface area (Å²) in [5.41, 5.74) is -1.30. The highest BCUT2D eigenvalue weighted by Gasteiger charge is 2.46. The molecule has 1 aliphatic carbocycles. The van der Waals surface area contributed by atoms with E-state index in [2.05, 4.69) is 13.0 Å². The van der Waals surface area contributed by atoms with Crippen molar-refractivity contribution in [1.29, 1.82) is 5.26 Å². The van der Waals surface area contributed by atoms with Crippen LogP contribution in [0.5, 0.6) is 0 Å². The Hall–Kier alpha value is -1.12. The Bertz CT molecular complexity index is 401. The first-order valence-electron chi connectivity index (χ1n) is 8.49. The number of nitriles is 1. The molecule has 1 aliphatic heterocycles. The zero-order chi connectivity index (χ0) is 16.0. The summed E-state index contributed by atoms with van der Waals surface area (Å²) in [6.07, 6.45) is 6.51. The molecular formula is C17H27NO4. The van der Waals surface area contributed by atoms with E-state index in [1.165, 1.54) is 6.42 Å². The molecule has 1 heterocycles. The molecule has 5 nitrogen and oxygen atoms in total. The Morgan fingerprint density at radius 2 is 1.86 bits per heavy atom. The molecule has 0 N–H and O–H groups in total. The molecule has 0 bridgehead atoms. The molecule has 5 heteroatoms. The fourth-order valence-electron chi connectivity index (χ4n) is 3.11. The molecule has 0 aromatic heterocycles. The highest BCUT2D eigenvalue weighted by Crippen LogP contribution is 2.32. The molecule has 2 rings (SSSR count). The average Bonchev–Trinajstić information content (AvgIpc) is 2.56. The summed E-state index contributed by atoms with van der Waals surface area (Å²) in [5.74, 6) is 0.265. The summed E-state index contributed by atoms with van der Waals surface area (Å²) in [6, 6.07) is 2.06. The van der Waals surface area contributed by atoms with E-state index in [0.717, 1.165) is 44.4 Å². The quantitative estimate of drug-likeness (QED) is 0.730. The topological polar surface area (TPSA) is 68.5 Å². The summed E-state index contributed by atoms with van der Waals surface area (Å²) in [4.78, 5) is 12.4. The van der Waals surface area contributed by atoms with Crippen LogP contribution in [-0.2, 0) is 19.0 Å². The Morgan fingerprint density at radius 3 is 2.36 bits per heavy atom. The van der Waals surface area contributed by atoms with Crippen molar-refractivity contribution < 1.29 is 19.0 Å². The zero-order valence-electron chi connectivity index (χ0n) is 13.7. The van der Waals surface area contributed by atoms with E-state index < -0.39 is 11.4 Å². The minimum absolute atomic E-state index is 0.0612. The third-order valence-electron chi connectivity index (χ3n) is 4.81. The molecule has 124 valence electrons. The van der Waals surface area contributed by atoms with Crippen LogP contribution < -0.4 is 0 Å². The standard InChI is InChI=1S/C17H27NO4/c1-3-5-15-20-11-17(10-18,12-21-15)16(19)22-14-8-6-13(4-2)7-9-14/h13-15H,3-9,11-12H2,1-2H3/t13?,14?,15-,17+. The van der Waals surface area contributed by atoms with E-state index in [4.69, 9.17) is 14.2 Å². The molecule has 22 heavy (non-hydrogen) atoms. The second-order valence-corrected chi connectivity index (χ2v) is 6.49. The molecule has 2 fully saturated rings. The molecule has 0 spiro atoms. The predicted molar refractivity (Wildman–Crippen MR) is 80.8 cm³/mol. The SMILES string of the molecule is CCC[C@H]1OC[C@@](C#N)(C(=O)OC2CCC(CC)CC2)CO1. The molecular weight excluding hydrogens is 282 g/mol. The minimum atomic E-state index is -1.30. The first-order valence-corrected chi connectivity index (χ1v) is 8.49. The first kappa shape index (κ1) is 17.2. The molecule has 0 atom stereocenters. The lowest BCUT2D eigenvalue weighted by molar-refractivity contribution is -0.228. The van der Waals surface area contributed by atoms with E-state index in [1.807, 2.05) is 6.92 Å². The highest BCUT2D eigenvalue weighted by atomic mass is 16.7. The van der Waals surface area contributed by atoms with Crippen molar-refractivity contribution in [2.45, 2.75) is 71.2 Å². The molecule has 1 saturated heterocycles. The second kappa shape index (κ2) is 7.94. The normalized spacial score (nSPS) is 35.6. The molecule has 0 aromatic rings. The van der Waals surface area contributed by atoms with Crippen molar-refractivity contribution >= 4 is 5.97 Å². The molecule has 0 aromatic carbocycles. The minimum Gasteiger partial charge on any atom is -0.461 e. The van der Waals surface area contributed by atoms with E-state index in [9.17, 15) is 10.1 Å². The van der Waals surface area contributed by atoms with Crippen LogP contribution in [0, 0.1) is 22.7 Å². The van der Waals surface area contributed by atoms with Gasteiger partial charge in [0.2, 0.25) is 5.41 Å². The number of nitrogens with zero attached hydrogens (tertiary/aromatic N) is 1. The van der Waals surface area contributed by atoms with Crippen LogP contribution in [0.1, 0.15) is 58.8 Å². The smallest absolute Gasteiger partial charge is 0.331 e. The van der Waals surface area contributed by atoms with Gasteiger partial charge < -0.3 is 14.2 Å². The van der Waals surface area contributed by atoms with Gasteiger partial charge in [0.25, 0.3) is 0 Å². The molecule has 0 amide bonds. The Balaban J connectivity index is 1.86. The van der Waals surface area contributed by atoms with Crippen LogP contribution in [0.4, 0.5) is 0 Å². The van der Waals surface area contributed by atoms with Gasteiger partial charge in [0, 0.05) is 0 Å². The second-order valence-electron chi connectivity index (χ2n) is 6.49. The summed E-state index contributed by atoms with van der Waals surface area (Å²) in [5, 5.41) is 9.43. The van der Waals surface area contributed by atoms with Crippen molar-refractivity contribution in [2.24, 2.45) is 11.3 Å². The van der Waals surface area contributed by atoms with Gasteiger partial charge in [0.1, 0.15) is 6.10 Å². The predicted octanol–water partition coefficient (Wildman–Crippen LogP) is 3.18. The Labute approximate surface area is 132 Å². The fourth-order valence-corrected chi connectivity index (χ4v) is 3.11. The van der Waals surface area contributed by atoms with Gasteiger partial charge in [-0.25, -0.2) is 0 Å². The van der Waals surface area contributed by atoms with Crippen molar-refractivity contribution in [3.05, 3.63) is 0 Å². The lowest BCUT2D eigenvalue weighted by Crippen LogP contribution is -2.48. The van der Waals surface area contributed by atoms with Gasteiger partial charge in [-0.3, -0.25) is 4.79 Å². The van der Waals surface area contributed by atoms with Gasteiger partial charge >= 0.3 is 5.97 Å². The molecule has 2 aliphatic rings. The molecule has 1 saturated carbocycles. The van der Waals surface area contributed by atoms with Crippen molar-refractivity contribution in [3.63, 3.8) is 0 Å². The summed E-state index contributed by atoms with van der Waals surface area (Å²) in [7, 11) is 0. The third kappa shape index (κ3) is 3.99. The largest absolute Gasteiger partial charge is 0.461 e. The van der Waals surface area contributed by atoms with E-state index in [-0.39, 0.29) is 25.6 Å². The van der Waals surface area contributed by atoms with Crippen LogP contribution in [0.2, 0.25) is 0 Å². The lowest BCUT2D eigenvalue weighted by Gasteiger charge is -2.35. The maximum atomic E-state index is 12.4. The monoisotopic (exact) mass is 309 g/mol. The lowest BCUT2D eigenvalue weighted by atomic mass is 9.85. The Kier molecular flexibility index (Phi) is 6.22. The average molecular weight is 309 g/mol. The van der Waals surface area contributed by atoms with Gasteiger partial charge in [-0.2, -0.15) is 5.26 Å². The number of carbonyl (C=O) groups is 1. The van der Waals surface area contributed by atoms with Gasteiger partial charge in [-0.15, -0.1) is 0 Å². The van der Waals surface area contributed by atoms with Gasteiger partial charge in [0.15, 0.2) is 6.29 Å². The number of esters is 1. The molecule has 0 unspecified atom stereocenters. The summed E-state index contributed by atoms with van der Waals surface area (Å²) < 4.78 is 16.6.